The molecule has 0 amide bonds. The molecule has 0 spiro atoms. The molecule has 2 rings (SSSR count). The maximum atomic E-state index is 12.6. The van der Waals surface area contributed by atoms with Crippen molar-refractivity contribution >= 4 is 15.6 Å². The molecule has 0 radical (unpaired) electrons. The van der Waals surface area contributed by atoms with Gasteiger partial charge in [0.15, 0.2) is 15.6 Å². The Balaban J connectivity index is 2.29. The Morgan fingerprint density at radius 2 is 1.82 bits per heavy atom. The summed E-state index contributed by atoms with van der Waals surface area (Å²) in [6.07, 6.45) is -0.510. The van der Waals surface area contributed by atoms with Gasteiger partial charge in [-0.15, -0.1) is 0 Å². The number of ketones is 1. The number of benzene rings is 1. The van der Waals surface area contributed by atoms with Crippen LogP contribution in [0.25, 0.3) is 0 Å². The predicted octanol–water partition coefficient (Wildman–Crippen LogP) is 2.99. The SMILES string of the molecule is CC(=O)C1=C(C)OC(CS(=O)(=O)c2ccccc2)C1C(C)C. The lowest BCUT2D eigenvalue weighted by Gasteiger charge is -2.23. The van der Waals surface area contributed by atoms with Gasteiger partial charge in [-0.25, -0.2) is 8.42 Å². The standard InChI is InChI=1S/C17H22O4S/c1-11(2)16-15(21-13(4)17(16)12(3)18)10-22(19,20)14-8-6-5-7-9-14/h5-9,11,15-16H,10H2,1-4H3. The van der Waals surface area contributed by atoms with E-state index >= 15 is 0 Å². The number of hydrogen-bond acceptors (Lipinski definition) is 4. The van der Waals surface area contributed by atoms with Crippen molar-refractivity contribution in [1.29, 1.82) is 0 Å². The van der Waals surface area contributed by atoms with Crippen LogP contribution in [0.5, 0.6) is 0 Å². The van der Waals surface area contributed by atoms with Crippen LogP contribution in [0.2, 0.25) is 0 Å². The Kier molecular flexibility index (Phi) is 4.75. The highest BCUT2D eigenvalue weighted by Crippen LogP contribution is 2.38. The summed E-state index contributed by atoms with van der Waals surface area (Å²) >= 11 is 0. The van der Waals surface area contributed by atoms with Gasteiger partial charge in [0.05, 0.1) is 10.6 Å². The van der Waals surface area contributed by atoms with E-state index < -0.39 is 15.9 Å². The molecule has 1 aliphatic heterocycles. The van der Waals surface area contributed by atoms with Crippen LogP contribution in [0.3, 0.4) is 0 Å². The summed E-state index contributed by atoms with van der Waals surface area (Å²) in [5.74, 6) is 0.340. The molecule has 22 heavy (non-hydrogen) atoms. The summed E-state index contributed by atoms with van der Waals surface area (Å²) in [5, 5.41) is 0. The van der Waals surface area contributed by atoms with Gasteiger partial charge in [-0.2, -0.15) is 0 Å². The minimum atomic E-state index is -3.45. The second-order valence-corrected chi connectivity index (χ2v) is 8.08. The molecule has 2 unspecified atom stereocenters. The lowest BCUT2D eigenvalue weighted by atomic mass is 9.83. The number of Topliss-reactive ketones (excluding diaryl/α,β-unsaturated/α-hetero) is 1. The van der Waals surface area contributed by atoms with Gasteiger partial charge >= 0.3 is 0 Å². The third kappa shape index (κ3) is 3.24. The van der Waals surface area contributed by atoms with Crippen LogP contribution in [0.1, 0.15) is 27.7 Å². The van der Waals surface area contributed by atoms with E-state index in [1.54, 1.807) is 37.3 Å². The quantitative estimate of drug-likeness (QED) is 0.836. The van der Waals surface area contributed by atoms with Gasteiger partial charge in [-0.05, 0) is 31.9 Å². The summed E-state index contributed by atoms with van der Waals surface area (Å²) in [6, 6.07) is 8.35. The summed E-state index contributed by atoms with van der Waals surface area (Å²) in [4.78, 5) is 12.2. The van der Waals surface area contributed by atoms with Crippen LogP contribution in [-0.4, -0.2) is 26.1 Å². The van der Waals surface area contributed by atoms with Crippen LogP contribution in [0, 0.1) is 11.8 Å². The van der Waals surface area contributed by atoms with Crippen molar-refractivity contribution in [2.24, 2.45) is 11.8 Å². The van der Waals surface area contributed by atoms with E-state index in [-0.39, 0.29) is 28.3 Å². The van der Waals surface area contributed by atoms with Crippen molar-refractivity contribution in [2.45, 2.75) is 38.7 Å². The van der Waals surface area contributed by atoms with Crippen molar-refractivity contribution in [3.63, 3.8) is 0 Å². The maximum absolute atomic E-state index is 12.6. The largest absolute Gasteiger partial charge is 0.493 e. The molecule has 0 aromatic heterocycles. The molecule has 4 nitrogen and oxygen atoms in total. The highest BCUT2D eigenvalue weighted by Gasteiger charge is 2.41. The third-order valence-corrected chi connectivity index (χ3v) is 5.78. The zero-order valence-electron chi connectivity index (χ0n) is 13.4. The zero-order chi connectivity index (χ0) is 16.5. The van der Waals surface area contributed by atoms with Crippen LogP contribution in [-0.2, 0) is 19.4 Å². The minimum Gasteiger partial charge on any atom is -0.493 e. The van der Waals surface area contributed by atoms with E-state index in [0.717, 1.165) is 0 Å². The van der Waals surface area contributed by atoms with Gasteiger partial charge in [0.1, 0.15) is 11.9 Å². The monoisotopic (exact) mass is 322 g/mol. The first kappa shape index (κ1) is 16.7. The molecule has 0 N–H and O–H groups in total. The Morgan fingerprint density at radius 3 is 2.32 bits per heavy atom. The summed E-state index contributed by atoms with van der Waals surface area (Å²) < 4.78 is 30.9. The van der Waals surface area contributed by atoms with Crippen molar-refractivity contribution in [1.82, 2.24) is 0 Å². The fourth-order valence-corrected chi connectivity index (χ4v) is 4.58. The predicted molar refractivity (Wildman–Crippen MR) is 85.1 cm³/mol. The lowest BCUT2D eigenvalue weighted by Crippen LogP contribution is -2.32. The molecule has 0 aliphatic carbocycles. The lowest BCUT2D eigenvalue weighted by molar-refractivity contribution is -0.114. The Bertz CT molecular complexity index is 687. The molecule has 0 bridgehead atoms. The van der Waals surface area contributed by atoms with Gasteiger partial charge in [-0.1, -0.05) is 32.0 Å². The topological polar surface area (TPSA) is 60.4 Å². The fourth-order valence-electron chi connectivity index (χ4n) is 3.11. The first-order chi connectivity index (χ1) is 10.2. The van der Waals surface area contributed by atoms with Crippen LogP contribution < -0.4 is 0 Å². The molecule has 5 heteroatoms. The van der Waals surface area contributed by atoms with E-state index in [9.17, 15) is 13.2 Å². The van der Waals surface area contributed by atoms with Crippen LogP contribution >= 0.6 is 0 Å². The average Bonchev–Trinajstić information content (AvgIpc) is 2.75. The zero-order valence-corrected chi connectivity index (χ0v) is 14.2. The van der Waals surface area contributed by atoms with Crippen molar-refractivity contribution < 1.29 is 17.9 Å². The van der Waals surface area contributed by atoms with E-state index in [1.807, 2.05) is 13.8 Å². The van der Waals surface area contributed by atoms with Crippen molar-refractivity contribution in [3.05, 3.63) is 41.7 Å². The number of rotatable bonds is 5. The summed E-state index contributed by atoms with van der Waals surface area (Å²) in [5.41, 5.74) is 0.628. The maximum Gasteiger partial charge on any atom is 0.182 e. The molecule has 1 aromatic rings. The van der Waals surface area contributed by atoms with Crippen molar-refractivity contribution in [3.8, 4) is 0 Å². The second-order valence-electron chi connectivity index (χ2n) is 6.05. The molecule has 2 atom stereocenters. The Morgan fingerprint density at radius 1 is 1.23 bits per heavy atom. The highest BCUT2D eigenvalue weighted by molar-refractivity contribution is 7.91. The molecule has 0 saturated carbocycles. The second kappa shape index (κ2) is 6.24. The molecule has 120 valence electrons. The van der Waals surface area contributed by atoms with Gasteiger partial charge in [0.2, 0.25) is 0 Å². The molecule has 0 fully saturated rings. The molecular weight excluding hydrogens is 300 g/mol. The summed E-state index contributed by atoms with van der Waals surface area (Å²) in [7, 11) is -3.45. The van der Waals surface area contributed by atoms with Gasteiger partial charge in [-0.3, -0.25) is 4.79 Å². The average molecular weight is 322 g/mol. The number of allylic oxidation sites excluding steroid dienone is 1. The smallest absolute Gasteiger partial charge is 0.182 e. The van der Waals surface area contributed by atoms with Gasteiger partial charge < -0.3 is 4.74 Å². The van der Waals surface area contributed by atoms with E-state index in [4.69, 9.17) is 4.74 Å². The fraction of sp³-hybridized carbons (Fsp3) is 0.471. The first-order valence-corrected chi connectivity index (χ1v) is 9.05. The van der Waals surface area contributed by atoms with E-state index in [1.165, 1.54) is 6.92 Å². The number of hydrogen-bond donors (Lipinski definition) is 0. The third-order valence-electron chi connectivity index (χ3n) is 4.02. The van der Waals surface area contributed by atoms with Crippen LogP contribution in [0.4, 0.5) is 0 Å². The van der Waals surface area contributed by atoms with Gasteiger partial charge in [0, 0.05) is 11.5 Å². The number of ether oxygens (including phenoxy) is 1. The molecular formula is C17H22O4S. The van der Waals surface area contributed by atoms with Gasteiger partial charge in [0.25, 0.3) is 0 Å². The minimum absolute atomic E-state index is 0.0455. The van der Waals surface area contributed by atoms with E-state index in [0.29, 0.717) is 11.3 Å². The molecule has 1 heterocycles. The highest BCUT2D eigenvalue weighted by atomic mass is 32.2. The number of sulfone groups is 1. The number of carbonyl (C=O) groups is 1. The van der Waals surface area contributed by atoms with Crippen LogP contribution in [0.15, 0.2) is 46.6 Å². The number of carbonyl (C=O) groups excluding carboxylic acids is 1. The normalized spacial score (nSPS) is 22.0. The van der Waals surface area contributed by atoms with E-state index in [2.05, 4.69) is 0 Å². The Hall–Kier alpha value is -1.62. The Labute approximate surface area is 132 Å². The first-order valence-electron chi connectivity index (χ1n) is 7.40. The van der Waals surface area contributed by atoms with Crippen molar-refractivity contribution in [2.75, 3.05) is 5.75 Å². The molecule has 0 saturated heterocycles. The molecule has 1 aliphatic rings. The summed E-state index contributed by atoms with van der Waals surface area (Å²) in [6.45, 7) is 7.21. The molecule has 1 aromatic carbocycles.